The first-order valence-corrected chi connectivity index (χ1v) is 3.76. The van der Waals surface area contributed by atoms with Crippen LogP contribution >= 0.6 is 12.6 Å². The molecule has 58 valence electrons. The lowest BCUT2D eigenvalue weighted by Gasteiger charge is -2.05. The fourth-order valence-electron chi connectivity index (χ4n) is 0.798. The molecule has 11 heavy (non-hydrogen) atoms. The molecule has 0 aliphatic heterocycles. The second-order valence-corrected chi connectivity index (χ2v) is 2.76. The lowest BCUT2D eigenvalue weighted by Crippen LogP contribution is -1.88. The van der Waals surface area contributed by atoms with Gasteiger partial charge in [-0.25, -0.2) is 0 Å². The molecule has 1 aromatic carbocycles. The van der Waals surface area contributed by atoms with Crippen molar-refractivity contribution in [2.45, 2.75) is 6.92 Å². The average Bonchev–Trinajstić information content (AvgIpc) is 1.93. The van der Waals surface area contributed by atoms with Crippen molar-refractivity contribution in [3.63, 3.8) is 0 Å². The summed E-state index contributed by atoms with van der Waals surface area (Å²) in [7, 11) is 0. The van der Waals surface area contributed by atoms with E-state index in [1.54, 1.807) is 0 Å². The summed E-state index contributed by atoms with van der Waals surface area (Å²) in [6, 6.07) is 7.74. The molecule has 0 bridgehead atoms. The van der Waals surface area contributed by atoms with Gasteiger partial charge in [0, 0.05) is 0 Å². The average molecular weight is 166 g/mol. The van der Waals surface area contributed by atoms with Crippen LogP contribution in [0, 0.1) is 6.92 Å². The quantitative estimate of drug-likeness (QED) is 0.525. The SMILES string of the molecule is C=C(S)Oc1ccccc1C. The highest BCUT2D eigenvalue weighted by Crippen LogP contribution is 2.19. The molecule has 0 aliphatic rings. The van der Waals surface area contributed by atoms with Crippen molar-refractivity contribution < 1.29 is 4.74 Å². The van der Waals surface area contributed by atoms with Crippen LogP contribution in [0.1, 0.15) is 5.56 Å². The number of rotatable bonds is 2. The largest absolute Gasteiger partial charge is 0.451 e. The topological polar surface area (TPSA) is 9.23 Å². The van der Waals surface area contributed by atoms with Gasteiger partial charge in [-0.2, -0.15) is 0 Å². The Morgan fingerprint density at radius 3 is 2.64 bits per heavy atom. The van der Waals surface area contributed by atoms with Crippen LogP contribution in [0.2, 0.25) is 0 Å². The second kappa shape index (κ2) is 3.49. The first kappa shape index (κ1) is 8.21. The smallest absolute Gasteiger partial charge is 0.150 e. The van der Waals surface area contributed by atoms with Crippen LogP contribution in [0.3, 0.4) is 0 Å². The highest BCUT2D eigenvalue weighted by molar-refractivity contribution is 7.84. The number of aryl methyl sites for hydroxylation is 1. The van der Waals surface area contributed by atoms with Crippen molar-refractivity contribution >= 4 is 12.6 Å². The molecule has 0 radical (unpaired) electrons. The van der Waals surface area contributed by atoms with Gasteiger partial charge in [-0.1, -0.05) is 18.2 Å². The van der Waals surface area contributed by atoms with Crippen molar-refractivity contribution in [1.29, 1.82) is 0 Å². The van der Waals surface area contributed by atoms with Gasteiger partial charge in [0.2, 0.25) is 0 Å². The van der Waals surface area contributed by atoms with E-state index in [0.29, 0.717) is 5.09 Å². The summed E-state index contributed by atoms with van der Waals surface area (Å²) >= 11 is 3.94. The van der Waals surface area contributed by atoms with Gasteiger partial charge in [0.25, 0.3) is 0 Å². The van der Waals surface area contributed by atoms with E-state index in [2.05, 4.69) is 19.2 Å². The molecule has 1 nitrogen and oxygen atoms in total. The maximum absolute atomic E-state index is 5.21. The summed E-state index contributed by atoms with van der Waals surface area (Å²) in [6.07, 6.45) is 0. The van der Waals surface area contributed by atoms with Crippen LogP contribution in [0.25, 0.3) is 0 Å². The minimum Gasteiger partial charge on any atom is -0.451 e. The van der Waals surface area contributed by atoms with E-state index in [4.69, 9.17) is 4.74 Å². The first-order valence-electron chi connectivity index (χ1n) is 3.31. The summed E-state index contributed by atoms with van der Waals surface area (Å²) in [6.45, 7) is 5.51. The van der Waals surface area contributed by atoms with Crippen molar-refractivity contribution in [2.24, 2.45) is 0 Å². The zero-order valence-corrected chi connectivity index (χ0v) is 7.27. The molecule has 0 saturated carbocycles. The maximum atomic E-state index is 5.21. The van der Waals surface area contributed by atoms with Gasteiger partial charge in [0.1, 0.15) is 5.75 Å². The Kier molecular flexibility index (Phi) is 2.60. The summed E-state index contributed by atoms with van der Waals surface area (Å²) < 4.78 is 5.21. The molecule has 0 spiro atoms. The molecular weight excluding hydrogens is 156 g/mol. The van der Waals surface area contributed by atoms with Gasteiger partial charge < -0.3 is 4.74 Å². The molecular formula is C9H10OS. The van der Waals surface area contributed by atoms with Gasteiger partial charge in [0.15, 0.2) is 5.09 Å². The number of thiol groups is 1. The van der Waals surface area contributed by atoms with Crippen LogP contribution in [0.15, 0.2) is 35.9 Å². The Bertz CT molecular complexity index is 268. The predicted octanol–water partition coefficient (Wildman–Crippen LogP) is 2.77. The number of hydrogen-bond donors (Lipinski definition) is 1. The van der Waals surface area contributed by atoms with Crippen LogP contribution in [-0.2, 0) is 0 Å². The monoisotopic (exact) mass is 166 g/mol. The van der Waals surface area contributed by atoms with Gasteiger partial charge in [-0.05, 0) is 25.1 Å². The van der Waals surface area contributed by atoms with Crippen molar-refractivity contribution in [3.05, 3.63) is 41.5 Å². The lowest BCUT2D eigenvalue weighted by molar-refractivity contribution is 0.466. The third kappa shape index (κ3) is 2.31. The number of para-hydroxylation sites is 1. The minimum absolute atomic E-state index is 0.416. The van der Waals surface area contributed by atoms with Gasteiger partial charge in [0.05, 0.1) is 0 Å². The van der Waals surface area contributed by atoms with Crippen LogP contribution in [0.5, 0.6) is 5.75 Å². The van der Waals surface area contributed by atoms with E-state index in [1.165, 1.54) is 0 Å². The summed E-state index contributed by atoms with van der Waals surface area (Å²) in [5.74, 6) is 0.813. The van der Waals surface area contributed by atoms with Crippen LogP contribution < -0.4 is 4.74 Å². The number of ether oxygens (including phenoxy) is 1. The Morgan fingerprint density at radius 2 is 2.09 bits per heavy atom. The summed E-state index contributed by atoms with van der Waals surface area (Å²) in [4.78, 5) is 0. The highest BCUT2D eigenvalue weighted by Gasteiger charge is 1.96. The fourth-order valence-corrected chi connectivity index (χ4v) is 0.896. The number of benzene rings is 1. The first-order chi connectivity index (χ1) is 5.20. The third-order valence-corrected chi connectivity index (χ3v) is 1.41. The number of hydrogen-bond acceptors (Lipinski definition) is 2. The second-order valence-electron chi connectivity index (χ2n) is 2.26. The van der Waals surface area contributed by atoms with E-state index < -0.39 is 0 Å². The molecule has 1 rings (SSSR count). The molecule has 0 heterocycles. The van der Waals surface area contributed by atoms with Crippen LogP contribution in [-0.4, -0.2) is 0 Å². The third-order valence-electron chi connectivity index (χ3n) is 1.32. The van der Waals surface area contributed by atoms with Gasteiger partial charge in [-0.3, -0.25) is 0 Å². The van der Waals surface area contributed by atoms with Crippen LogP contribution in [0.4, 0.5) is 0 Å². The highest BCUT2D eigenvalue weighted by atomic mass is 32.1. The van der Waals surface area contributed by atoms with Gasteiger partial charge >= 0.3 is 0 Å². The molecule has 0 aromatic heterocycles. The Hall–Kier alpha value is -0.890. The molecule has 0 fully saturated rings. The van der Waals surface area contributed by atoms with E-state index in [0.717, 1.165) is 11.3 Å². The standard InChI is InChI=1S/C9H10OS/c1-7-5-3-4-6-9(7)10-8(2)11/h3-6,11H,2H2,1H3. The van der Waals surface area contributed by atoms with Crippen molar-refractivity contribution in [3.8, 4) is 5.75 Å². The van der Waals surface area contributed by atoms with E-state index >= 15 is 0 Å². The normalized spacial score (nSPS) is 9.27. The lowest BCUT2D eigenvalue weighted by atomic mass is 10.2. The van der Waals surface area contributed by atoms with Crippen molar-refractivity contribution in [1.82, 2.24) is 0 Å². The molecule has 0 unspecified atom stereocenters. The van der Waals surface area contributed by atoms with Gasteiger partial charge in [-0.15, -0.1) is 12.6 Å². The molecule has 0 atom stereocenters. The minimum atomic E-state index is 0.416. The zero-order valence-electron chi connectivity index (χ0n) is 6.37. The Labute approximate surface area is 72.1 Å². The predicted molar refractivity (Wildman–Crippen MR) is 49.9 cm³/mol. The molecule has 1 aromatic rings. The molecule has 0 N–H and O–H groups in total. The Balaban J connectivity index is 2.86. The summed E-state index contributed by atoms with van der Waals surface area (Å²) in [5, 5.41) is 0.416. The molecule has 0 aliphatic carbocycles. The van der Waals surface area contributed by atoms with E-state index in [9.17, 15) is 0 Å². The van der Waals surface area contributed by atoms with E-state index in [1.807, 2.05) is 31.2 Å². The van der Waals surface area contributed by atoms with E-state index in [-0.39, 0.29) is 0 Å². The molecule has 0 amide bonds. The summed E-state index contributed by atoms with van der Waals surface area (Å²) in [5.41, 5.74) is 1.09. The van der Waals surface area contributed by atoms with Crippen molar-refractivity contribution in [2.75, 3.05) is 0 Å². The Morgan fingerprint density at radius 1 is 1.45 bits per heavy atom. The molecule has 2 heteroatoms. The zero-order chi connectivity index (χ0) is 8.27. The molecule has 0 saturated heterocycles. The fraction of sp³-hybridized carbons (Fsp3) is 0.111. The maximum Gasteiger partial charge on any atom is 0.150 e.